The molecule has 2 heterocycles. The van der Waals surface area contributed by atoms with E-state index in [-0.39, 0.29) is 24.8 Å². The summed E-state index contributed by atoms with van der Waals surface area (Å²) in [5.74, 6) is -0.690. The maximum atomic E-state index is 14.5. The third kappa shape index (κ3) is 5.75. The summed E-state index contributed by atoms with van der Waals surface area (Å²) >= 11 is 0. The lowest BCUT2D eigenvalue weighted by molar-refractivity contribution is -0.141. The summed E-state index contributed by atoms with van der Waals surface area (Å²) in [6.07, 6.45) is 1.68. The average molecular weight is 478 g/mol. The van der Waals surface area contributed by atoms with Gasteiger partial charge in [0.05, 0.1) is 25.0 Å². The molecular formula is C27H32FN5O2. The van der Waals surface area contributed by atoms with Crippen LogP contribution in [0.1, 0.15) is 55.8 Å². The van der Waals surface area contributed by atoms with Crippen LogP contribution in [-0.4, -0.2) is 50.2 Å². The van der Waals surface area contributed by atoms with E-state index in [1.165, 1.54) is 23.1 Å². The first-order valence-corrected chi connectivity index (χ1v) is 12.1. The van der Waals surface area contributed by atoms with Gasteiger partial charge in [-0.2, -0.15) is 5.10 Å². The number of amides is 2. The second kappa shape index (κ2) is 10.8. The van der Waals surface area contributed by atoms with Crippen LogP contribution in [0.3, 0.4) is 0 Å². The Balaban J connectivity index is 1.54. The first-order valence-electron chi connectivity index (χ1n) is 12.1. The average Bonchev–Trinajstić information content (AvgIpc) is 3.52. The van der Waals surface area contributed by atoms with Crippen LogP contribution < -0.4 is 5.32 Å². The highest BCUT2D eigenvalue weighted by atomic mass is 19.1. The number of rotatable bonds is 8. The van der Waals surface area contributed by atoms with E-state index in [0.29, 0.717) is 12.5 Å². The molecule has 0 bridgehead atoms. The largest absolute Gasteiger partial charge is 0.343 e. The van der Waals surface area contributed by atoms with Gasteiger partial charge in [0.25, 0.3) is 0 Å². The van der Waals surface area contributed by atoms with Crippen molar-refractivity contribution in [1.82, 2.24) is 25.0 Å². The minimum atomic E-state index is -1.24. The Bertz CT molecular complexity index is 1120. The maximum absolute atomic E-state index is 14.5. The minimum Gasteiger partial charge on any atom is -0.343 e. The SMILES string of the molecule is CC(Cn1cncn1)C(=O)N1CC(F)CC1C(=O)NC(c1ccccc1)c1ccc(C(C)C)cc1. The monoisotopic (exact) mass is 477 g/mol. The van der Waals surface area contributed by atoms with E-state index in [9.17, 15) is 14.0 Å². The second-order valence-corrected chi connectivity index (χ2v) is 9.53. The van der Waals surface area contributed by atoms with Gasteiger partial charge in [-0.1, -0.05) is 75.4 Å². The second-order valence-electron chi connectivity index (χ2n) is 9.53. The van der Waals surface area contributed by atoms with Gasteiger partial charge < -0.3 is 10.2 Å². The Morgan fingerprint density at radius 2 is 1.69 bits per heavy atom. The summed E-state index contributed by atoms with van der Waals surface area (Å²) in [4.78, 5) is 31.9. The van der Waals surface area contributed by atoms with Crippen LogP contribution in [-0.2, 0) is 16.1 Å². The Labute approximate surface area is 205 Å². The molecule has 4 unspecified atom stereocenters. The van der Waals surface area contributed by atoms with Crippen molar-refractivity contribution in [2.75, 3.05) is 6.54 Å². The summed E-state index contributed by atoms with van der Waals surface area (Å²) in [6, 6.07) is 16.6. The molecule has 35 heavy (non-hydrogen) atoms. The molecule has 1 aliphatic rings. The van der Waals surface area contributed by atoms with Crippen molar-refractivity contribution in [2.45, 2.75) is 57.9 Å². The van der Waals surface area contributed by atoms with Gasteiger partial charge in [0.15, 0.2) is 0 Å². The molecule has 184 valence electrons. The summed E-state index contributed by atoms with van der Waals surface area (Å²) in [6.45, 7) is 6.25. The molecule has 1 N–H and O–H groups in total. The van der Waals surface area contributed by atoms with Crippen molar-refractivity contribution in [3.63, 3.8) is 0 Å². The molecule has 4 atom stereocenters. The Morgan fingerprint density at radius 1 is 1.03 bits per heavy atom. The van der Waals surface area contributed by atoms with Gasteiger partial charge in [0.1, 0.15) is 24.9 Å². The molecule has 2 amide bonds. The van der Waals surface area contributed by atoms with Gasteiger partial charge in [-0.15, -0.1) is 0 Å². The van der Waals surface area contributed by atoms with Gasteiger partial charge in [-0.25, -0.2) is 9.37 Å². The number of nitrogens with one attached hydrogen (secondary N) is 1. The lowest BCUT2D eigenvalue weighted by Crippen LogP contribution is -2.48. The molecule has 0 saturated carbocycles. The number of carbonyl (C=O) groups excluding carboxylic acids is 2. The van der Waals surface area contributed by atoms with Crippen LogP contribution in [0, 0.1) is 5.92 Å². The number of hydrogen-bond acceptors (Lipinski definition) is 4. The van der Waals surface area contributed by atoms with Gasteiger partial charge >= 0.3 is 0 Å². The molecule has 1 aromatic heterocycles. The van der Waals surface area contributed by atoms with Gasteiger partial charge in [0.2, 0.25) is 11.8 Å². The highest BCUT2D eigenvalue weighted by molar-refractivity contribution is 5.89. The molecular weight excluding hydrogens is 445 g/mol. The summed E-state index contributed by atoms with van der Waals surface area (Å²) in [5, 5.41) is 7.14. The molecule has 3 aromatic rings. The van der Waals surface area contributed by atoms with E-state index in [4.69, 9.17) is 0 Å². The Hall–Kier alpha value is -3.55. The van der Waals surface area contributed by atoms with Gasteiger partial charge in [-0.05, 0) is 22.6 Å². The van der Waals surface area contributed by atoms with Crippen molar-refractivity contribution < 1.29 is 14.0 Å². The quantitative estimate of drug-likeness (QED) is 0.534. The number of halogens is 1. The Morgan fingerprint density at radius 3 is 2.31 bits per heavy atom. The minimum absolute atomic E-state index is 0.0125. The number of benzene rings is 2. The zero-order chi connectivity index (χ0) is 24.9. The number of nitrogens with zero attached hydrogens (tertiary/aromatic N) is 4. The number of hydrogen-bond donors (Lipinski definition) is 1. The fourth-order valence-corrected chi connectivity index (χ4v) is 4.56. The molecule has 0 spiro atoms. The van der Waals surface area contributed by atoms with Crippen molar-refractivity contribution in [3.05, 3.63) is 83.9 Å². The van der Waals surface area contributed by atoms with E-state index in [0.717, 1.165) is 11.1 Å². The van der Waals surface area contributed by atoms with E-state index in [2.05, 4.69) is 41.4 Å². The van der Waals surface area contributed by atoms with Gasteiger partial charge in [0, 0.05) is 6.42 Å². The highest BCUT2D eigenvalue weighted by Gasteiger charge is 2.41. The zero-order valence-electron chi connectivity index (χ0n) is 20.3. The van der Waals surface area contributed by atoms with Crippen LogP contribution >= 0.6 is 0 Å². The normalized spacial score (nSPS) is 19.5. The van der Waals surface area contributed by atoms with Crippen molar-refractivity contribution >= 4 is 11.8 Å². The predicted molar refractivity (Wildman–Crippen MR) is 131 cm³/mol. The van der Waals surface area contributed by atoms with Crippen LogP contribution in [0.2, 0.25) is 0 Å². The summed E-state index contributed by atoms with van der Waals surface area (Å²) in [7, 11) is 0. The third-order valence-electron chi connectivity index (χ3n) is 6.54. The fourth-order valence-electron chi connectivity index (χ4n) is 4.56. The Kier molecular flexibility index (Phi) is 7.58. The highest BCUT2D eigenvalue weighted by Crippen LogP contribution is 2.27. The molecule has 1 aliphatic heterocycles. The van der Waals surface area contributed by atoms with Crippen molar-refractivity contribution in [3.8, 4) is 0 Å². The predicted octanol–water partition coefficient (Wildman–Crippen LogP) is 3.88. The summed E-state index contributed by atoms with van der Waals surface area (Å²) in [5.41, 5.74) is 3.06. The number of alkyl halides is 1. The first kappa shape index (κ1) is 24.6. The van der Waals surface area contributed by atoms with Crippen LogP contribution in [0.5, 0.6) is 0 Å². The smallest absolute Gasteiger partial charge is 0.243 e. The van der Waals surface area contributed by atoms with Crippen molar-refractivity contribution in [1.29, 1.82) is 0 Å². The van der Waals surface area contributed by atoms with Crippen LogP contribution in [0.25, 0.3) is 0 Å². The molecule has 0 radical (unpaired) electrons. The first-order chi connectivity index (χ1) is 16.8. The molecule has 0 aliphatic carbocycles. The molecule has 1 saturated heterocycles. The molecule has 8 heteroatoms. The third-order valence-corrected chi connectivity index (χ3v) is 6.54. The standard InChI is InChI=1S/C27H32FN5O2/c1-18(2)20-9-11-22(12-10-20)25(21-7-5-4-6-8-21)31-26(34)24-13-23(28)15-33(24)27(35)19(3)14-32-17-29-16-30-32/h4-12,16-19,23-25H,13-15H2,1-3H3,(H,31,34). The lowest BCUT2D eigenvalue weighted by Gasteiger charge is -2.28. The van der Waals surface area contributed by atoms with E-state index >= 15 is 0 Å². The maximum Gasteiger partial charge on any atom is 0.243 e. The summed E-state index contributed by atoms with van der Waals surface area (Å²) < 4.78 is 16.0. The van der Waals surface area contributed by atoms with Crippen LogP contribution in [0.4, 0.5) is 4.39 Å². The van der Waals surface area contributed by atoms with E-state index in [1.54, 1.807) is 11.6 Å². The zero-order valence-corrected chi connectivity index (χ0v) is 20.3. The van der Waals surface area contributed by atoms with E-state index in [1.807, 2.05) is 42.5 Å². The number of carbonyl (C=O) groups is 2. The van der Waals surface area contributed by atoms with Gasteiger partial charge in [-0.3, -0.25) is 14.3 Å². The molecule has 1 fully saturated rings. The van der Waals surface area contributed by atoms with Crippen LogP contribution in [0.15, 0.2) is 67.3 Å². The molecule has 7 nitrogen and oxygen atoms in total. The number of aromatic nitrogens is 3. The molecule has 2 aromatic carbocycles. The van der Waals surface area contributed by atoms with E-state index < -0.39 is 24.2 Å². The fraction of sp³-hybridized carbons (Fsp3) is 0.407. The number of likely N-dealkylation sites (tertiary alicyclic amines) is 1. The molecule has 4 rings (SSSR count). The lowest BCUT2D eigenvalue weighted by atomic mass is 9.95. The topological polar surface area (TPSA) is 80.1 Å². The van der Waals surface area contributed by atoms with Crippen molar-refractivity contribution in [2.24, 2.45) is 5.92 Å².